The first-order valence-electron chi connectivity index (χ1n) is 6.72. The van der Waals surface area contributed by atoms with Gasteiger partial charge in [-0.25, -0.2) is 4.79 Å². The van der Waals surface area contributed by atoms with Gasteiger partial charge in [0.15, 0.2) is 0 Å². The van der Waals surface area contributed by atoms with Crippen molar-refractivity contribution in [2.24, 2.45) is 0 Å². The molecule has 5 heteroatoms. The minimum absolute atomic E-state index is 0.0908. The lowest BCUT2D eigenvalue weighted by Crippen LogP contribution is -2.33. The average Bonchev–Trinajstić information content (AvgIpc) is 2.83. The predicted octanol–water partition coefficient (Wildman–Crippen LogP) is 2.19. The van der Waals surface area contributed by atoms with Crippen molar-refractivity contribution in [2.75, 3.05) is 13.2 Å². The van der Waals surface area contributed by atoms with Crippen LogP contribution in [0.25, 0.3) is 10.9 Å². The van der Waals surface area contributed by atoms with Gasteiger partial charge in [-0.3, -0.25) is 4.79 Å². The molecule has 2 heterocycles. The van der Waals surface area contributed by atoms with Crippen molar-refractivity contribution in [2.45, 2.75) is 19.8 Å². The first kappa shape index (κ1) is 12.7. The quantitative estimate of drug-likeness (QED) is 0.823. The smallest absolute Gasteiger partial charge is 0.338 e. The molecule has 1 atom stereocenters. The van der Waals surface area contributed by atoms with Crippen LogP contribution in [0.3, 0.4) is 0 Å². The number of carbonyl (C=O) groups excluding carboxylic acids is 2. The largest absolute Gasteiger partial charge is 0.462 e. The van der Waals surface area contributed by atoms with E-state index in [1.165, 1.54) is 0 Å². The Morgan fingerprint density at radius 1 is 1.45 bits per heavy atom. The Kier molecular flexibility index (Phi) is 2.97. The van der Waals surface area contributed by atoms with Crippen LogP contribution in [-0.2, 0) is 4.74 Å². The van der Waals surface area contributed by atoms with Gasteiger partial charge in [-0.1, -0.05) is 6.92 Å². The number of esters is 1. The molecular formula is C15H16N2O3. The molecule has 20 heavy (non-hydrogen) atoms. The van der Waals surface area contributed by atoms with Gasteiger partial charge in [0.2, 0.25) is 0 Å². The molecule has 1 aromatic carbocycles. The maximum absolute atomic E-state index is 11.9. The Morgan fingerprint density at radius 3 is 3.00 bits per heavy atom. The molecule has 0 bridgehead atoms. The van der Waals surface area contributed by atoms with Crippen LogP contribution in [0.4, 0.5) is 0 Å². The Bertz CT molecular complexity index is 702. The number of hydrogen-bond acceptors (Lipinski definition) is 3. The number of H-pyrrole nitrogens is 1. The molecule has 0 fully saturated rings. The summed E-state index contributed by atoms with van der Waals surface area (Å²) in [7, 11) is 0. The molecular weight excluding hydrogens is 256 g/mol. The standard InChI is InChI=1S/C15H16N2O3/c1-3-20-15(19)9-4-5-11-10(6-9)12-8(2)7-16-14(18)13(12)17-11/h4-6,8,17H,3,7H2,1-2H3,(H,16,18). The predicted molar refractivity (Wildman–Crippen MR) is 75.0 cm³/mol. The SMILES string of the molecule is CCOC(=O)c1ccc2[nH]c3c(c2c1)C(C)CNC3=O. The summed E-state index contributed by atoms with van der Waals surface area (Å²) in [5.74, 6) is -0.210. The molecule has 1 aliphatic heterocycles. The summed E-state index contributed by atoms with van der Waals surface area (Å²) in [4.78, 5) is 26.8. The van der Waals surface area contributed by atoms with E-state index in [9.17, 15) is 9.59 Å². The monoisotopic (exact) mass is 272 g/mol. The van der Waals surface area contributed by atoms with E-state index < -0.39 is 0 Å². The fourth-order valence-corrected chi connectivity index (χ4v) is 2.68. The van der Waals surface area contributed by atoms with Crippen LogP contribution >= 0.6 is 0 Å². The Hall–Kier alpha value is -2.30. The first-order chi connectivity index (χ1) is 9.61. The average molecular weight is 272 g/mol. The van der Waals surface area contributed by atoms with E-state index in [0.717, 1.165) is 16.5 Å². The molecule has 1 amide bonds. The van der Waals surface area contributed by atoms with Crippen LogP contribution in [-0.4, -0.2) is 30.0 Å². The van der Waals surface area contributed by atoms with Gasteiger partial charge in [0, 0.05) is 23.4 Å². The molecule has 2 N–H and O–H groups in total. The van der Waals surface area contributed by atoms with Crippen molar-refractivity contribution < 1.29 is 14.3 Å². The molecule has 5 nitrogen and oxygen atoms in total. The molecule has 1 aliphatic rings. The maximum atomic E-state index is 11.9. The van der Waals surface area contributed by atoms with Crippen molar-refractivity contribution in [1.29, 1.82) is 0 Å². The maximum Gasteiger partial charge on any atom is 0.338 e. The van der Waals surface area contributed by atoms with E-state index in [2.05, 4.69) is 17.2 Å². The lowest BCUT2D eigenvalue weighted by Gasteiger charge is -2.19. The van der Waals surface area contributed by atoms with Crippen LogP contribution in [0.15, 0.2) is 18.2 Å². The zero-order chi connectivity index (χ0) is 14.3. The number of ether oxygens (including phenoxy) is 1. The molecule has 3 rings (SSSR count). The number of fused-ring (bicyclic) bond motifs is 3. The molecule has 0 radical (unpaired) electrons. The summed E-state index contributed by atoms with van der Waals surface area (Å²) >= 11 is 0. The topological polar surface area (TPSA) is 71.2 Å². The van der Waals surface area contributed by atoms with Crippen molar-refractivity contribution >= 4 is 22.8 Å². The van der Waals surface area contributed by atoms with Gasteiger partial charge in [-0.15, -0.1) is 0 Å². The normalized spacial score (nSPS) is 17.7. The zero-order valence-corrected chi connectivity index (χ0v) is 11.4. The van der Waals surface area contributed by atoms with E-state index in [4.69, 9.17) is 4.74 Å². The molecule has 0 spiro atoms. The van der Waals surface area contributed by atoms with Crippen LogP contribution in [0, 0.1) is 0 Å². The third-order valence-corrected chi connectivity index (χ3v) is 3.64. The van der Waals surface area contributed by atoms with Crippen LogP contribution in [0.2, 0.25) is 0 Å². The Balaban J connectivity index is 2.16. The molecule has 104 valence electrons. The van der Waals surface area contributed by atoms with Gasteiger partial charge >= 0.3 is 5.97 Å². The van der Waals surface area contributed by atoms with Gasteiger partial charge in [-0.2, -0.15) is 0 Å². The van der Waals surface area contributed by atoms with E-state index in [1.807, 2.05) is 6.07 Å². The van der Waals surface area contributed by atoms with E-state index in [1.54, 1.807) is 19.1 Å². The first-order valence-corrected chi connectivity index (χ1v) is 6.72. The zero-order valence-electron chi connectivity index (χ0n) is 11.4. The second-order valence-electron chi connectivity index (χ2n) is 5.01. The van der Waals surface area contributed by atoms with Crippen molar-refractivity contribution in [3.63, 3.8) is 0 Å². The van der Waals surface area contributed by atoms with Crippen LogP contribution in [0.1, 0.15) is 46.2 Å². The molecule has 0 saturated carbocycles. The lowest BCUT2D eigenvalue weighted by molar-refractivity contribution is 0.0526. The van der Waals surface area contributed by atoms with Crippen molar-refractivity contribution in [3.05, 3.63) is 35.0 Å². The fraction of sp³-hybridized carbons (Fsp3) is 0.333. The van der Waals surface area contributed by atoms with Gasteiger partial charge in [0.25, 0.3) is 5.91 Å². The van der Waals surface area contributed by atoms with Crippen molar-refractivity contribution in [3.8, 4) is 0 Å². The van der Waals surface area contributed by atoms with Gasteiger partial charge in [0.1, 0.15) is 5.69 Å². The highest BCUT2D eigenvalue weighted by Crippen LogP contribution is 2.32. The summed E-state index contributed by atoms with van der Waals surface area (Å²) in [5, 5.41) is 3.77. The number of aromatic amines is 1. The third kappa shape index (κ3) is 1.86. The molecule has 2 aromatic rings. The fourth-order valence-electron chi connectivity index (χ4n) is 2.68. The summed E-state index contributed by atoms with van der Waals surface area (Å²) in [6.07, 6.45) is 0. The minimum Gasteiger partial charge on any atom is -0.462 e. The highest BCUT2D eigenvalue weighted by Gasteiger charge is 2.27. The molecule has 1 aromatic heterocycles. The number of benzene rings is 1. The highest BCUT2D eigenvalue weighted by molar-refractivity contribution is 6.04. The number of aromatic nitrogens is 1. The molecule has 0 saturated heterocycles. The van der Waals surface area contributed by atoms with Gasteiger partial charge in [-0.05, 0) is 30.7 Å². The second kappa shape index (κ2) is 4.67. The second-order valence-corrected chi connectivity index (χ2v) is 5.01. The number of hydrogen-bond donors (Lipinski definition) is 2. The summed E-state index contributed by atoms with van der Waals surface area (Å²) in [6, 6.07) is 5.34. The van der Waals surface area contributed by atoms with Gasteiger partial charge < -0.3 is 15.0 Å². The number of carbonyl (C=O) groups is 2. The summed E-state index contributed by atoms with van der Waals surface area (Å²) in [5.41, 5.74) is 2.96. The molecule has 0 aliphatic carbocycles. The van der Waals surface area contributed by atoms with E-state index >= 15 is 0 Å². The summed E-state index contributed by atoms with van der Waals surface area (Å²) in [6.45, 7) is 4.80. The Labute approximate surface area is 116 Å². The number of rotatable bonds is 2. The van der Waals surface area contributed by atoms with Gasteiger partial charge in [0.05, 0.1) is 12.2 Å². The number of nitrogens with one attached hydrogen (secondary N) is 2. The van der Waals surface area contributed by atoms with Crippen LogP contribution in [0.5, 0.6) is 0 Å². The van der Waals surface area contributed by atoms with E-state index in [0.29, 0.717) is 24.4 Å². The lowest BCUT2D eigenvalue weighted by atomic mass is 9.94. The Morgan fingerprint density at radius 2 is 2.25 bits per heavy atom. The third-order valence-electron chi connectivity index (χ3n) is 3.64. The summed E-state index contributed by atoms with van der Waals surface area (Å²) < 4.78 is 5.02. The minimum atomic E-state index is -0.336. The number of amides is 1. The van der Waals surface area contributed by atoms with Crippen molar-refractivity contribution in [1.82, 2.24) is 10.3 Å². The highest BCUT2D eigenvalue weighted by atomic mass is 16.5. The van der Waals surface area contributed by atoms with E-state index in [-0.39, 0.29) is 17.8 Å². The molecule has 1 unspecified atom stereocenters. The van der Waals surface area contributed by atoms with Crippen LogP contribution < -0.4 is 5.32 Å².